The summed E-state index contributed by atoms with van der Waals surface area (Å²) < 4.78 is 6.51. The number of nitrogens with zero attached hydrogens (tertiary/aromatic N) is 3. The second-order valence-electron chi connectivity index (χ2n) is 12.6. The Bertz CT molecular complexity index is 2330. The Morgan fingerprint density at radius 1 is 0.531 bits per heavy atom. The van der Waals surface area contributed by atoms with E-state index in [2.05, 4.69) is 158 Å². The third kappa shape index (κ3) is 4.76. The van der Waals surface area contributed by atoms with E-state index in [0.29, 0.717) is 0 Å². The van der Waals surface area contributed by atoms with Crippen molar-refractivity contribution in [1.29, 1.82) is 0 Å². The van der Waals surface area contributed by atoms with Gasteiger partial charge in [0, 0.05) is 29.3 Å². The summed E-state index contributed by atoms with van der Waals surface area (Å²) in [6.07, 6.45) is -0.273. The first-order chi connectivity index (χ1) is 24.2. The molecule has 2 aliphatic heterocycles. The Hall–Kier alpha value is -6.26. The second-order valence-corrected chi connectivity index (χ2v) is 12.6. The fourth-order valence-electron chi connectivity index (χ4n) is 7.52. The normalized spacial score (nSPS) is 16.2. The van der Waals surface area contributed by atoms with Gasteiger partial charge < -0.3 is 9.64 Å². The minimum absolute atomic E-state index is 0.273. The molecular weight excluding hydrogens is 599 g/mol. The van der Waals surface area contributed by atoms with E-state index in [1.54, 1.807) is 0 Å². The summed E-state index contributed by atoms with van der Waals surface area (Å²) in [5, 5.41) is 2.39. The summed E-state index contributed by atoms with van der Waals surface area (Å²) in [4.78, 5) is 12.6. The van der Waals surface area contributed by atoms with Crippen molar-refractivity contribution < 1.29 is 4.74 Å². The first kappa shape index (κ1) is 28.9. The predicted molar refractivity (Wildman–Crippen MR) is 199 cm³/mol. The predicted octanol–water partition coefficient (Wildman–Crippen LogP) is 10.2. The minimum Gasteiger partial charge on any atom is -0.457 e. The van der Waals surface area contributed by atoms with Crippen LogP contribution in [0.1, 0.15) is 45.1 Å². The molecule has 4 heteroatoms. The number of ether oxygens (including phenoxy) is 1. The highest BCUT2D eigenvalue weighted by Gasteiger charge is 2.45. The van der Waals surface area contributed by atoms with Gasteiger partial charge in [-0.25, -0.2) is 9.98 Å². The van der Waals surface area contributed by atoms with E-state index in [0.717, 1.165) is 51.0 Å². The Morgan fingerprint density at radius 3 is 1.80 bits per heavy atom. The van der Waals surface area contributed by atoms with Gasteiger partial charge in [-0.1, -0.05) is 158 Å². The first-order valence-electron chi connectivity index (χ1n) is 16.7. The van der Waals surface area contributed by atoms with Gasteiger partial charge in [-0.3, -0.25) is 0 Å². The van der Waals surface area contributed by atoms with Crippen molar-refractivity contribution in [3.8, 4) is 11.5 Å². The van der Waals surface area contributed by atoms with Gasteiger partial charge in [0.05, 0.1) is 5.41 Å². The number of para-hydroxylation sites is 2. The zero-order valence-electron chi connectivity index (χ0n) is 27.1. The molecular formula is C45H33N3O. The van der Waals surface area contributed by atoms with Gasteiger partial charge in [0.1, 0.15) is 23.5 Å². The van der Waals surface area contributed by atoms with Crippen LogP contribution >= 0.6 is 0 Å². The van der Waals surface area contributed by atoms with Crippen molar-refractivity contribution in [3.63, 3.8) is 0 Å². The number of fused-ring (bicyclic) bond motifs is 3. The van der Waals surface area contributed by atoms with Crippen molar-refractivity contribution in [2.75, 3.05) is 7.05 Å². The van der Waals surface area contributed by atoms with Crippen molar-refractivity contribution in [2.45, 2.75) is 11.6 Å². The smallest absolute Gasteiger partial charge is 0.159 e. The van der Waals surface area contributed by atoms with Crippen LogP contribution in [0.4, 0.5) is 0 Å². The highest BCUT2D eigenvalue weighted by molar-refractivity contribution is 6.13. The van der Waals surface area contributed by atoms with Gasteiger partial charge in [0.25, 0.3) is 0 Å². The SMILES string of the molecule is CN1C(c2ccc3ccccc3c2)=NC(c2ccccc2)=NC1c1ccc(C2(c3ccccc3)c3ccccc3Oc3ccccc32)cc1. The van der Waals surface area contributed by atoms with E-state index in [9.17, 15) is 0 Å². The van der Waals surface area contributed by atoms with Gasteiger partial charge in [-0.05, 0) is 45.7 Å². The fourth-order valence-corrected chi connectivity index (χ4v) is 7.52. The van der Waals surface area contributed by atoms with Gasteiger partial charge in [-0.15, -0.1) is 0 Å². The standard InChI is InChI=1S/C45H33N3O/c1-48-43(46-42(32-15-4-2-5-16-32)47-44(48)35-25-24-31-14-8-9-17-34(31)30-35)33-26-28-37(29-27-33)45(36-18-6-3-7-19-36)38-20-10-12-22-40(38)49-41-23-13-11-21-39(41)45/h2-30,43H,1H3. The Balaban J connectivity index is 1.19. The zero-order chi connectivity index (χ0) is 32.8. The number of hydrogen-bond acceptors (Lipinski definition) is 4. The van der Waals surface area contributed by atoms with Gasteiger partial charge in [0.2, 0.25) is 0 Å². The third-order valence-corrected chi connectivity index (χ3v) is 9.85. The lowest BCUT2D eigenvalue weighted by molar-refractivity contribution is 0.382. The number of aliphatic imine (C=N–C) groups is 2. The molecule has 7 aromatic rings. The topological polar surface area (TPSA) is 37.2 Å². The third-order valence-electron chi connectivity index (χ3n) is 9.85. The molecule has 2 aliphatic rings. The van der Waals surface area contributed by atoms with Crippen LogP contribution in [0.2, 0.25) is 0 Å². The molecule has 9 rings (SSSR count). The number of benzene rings is 7. The van der Waals surface area contributed by atoms with E-state index in [4.69, 9.17) is 14.7 Å². The first-order valence-corrected chi connectivity index (χ1v) is 16.7. The average Bonchev–Trinajstić information content (AvgIpc) is 3.18. The van der Waals surface area contributed by atoms with E-state index in [1.807, 2.05) is 30.3 Å². The lowest BCUT2D eigenvalue weighted by Gasteiger charge is -2.41. The quantitative estimate of drug-likeness (QED) is 0.190. The van der Waals surface area contributed by atoms with Crippen LogP contribution in [0.5, 0.6) is 11.5 Å². The molecule has 0 amide bonds. The Labute approximate surface area is 286 Å². The van der Waals surface area contributed by atoms with Crippen LogP contribution in [-0.4, -0.2) is 23.6 Å². The number of rotatable bonds is 5. The molecule has 0 N–H and O–H groups in total. The lowest BCUT2D eigenvalue weighted by atomic mass is 9.63. The molecule has 4 nitrogen and oxygen atoms in total. The summed E-state index contributed by atoms with van der Waals surface area (Å²) in [5.74, 6) is 3.36. The largest absolute Gasteiger partial charge is 0.457 e. The molecule has 1 atom stereocenters. The molecule has 0 saturated heterocycles. The van der Waals surface area contributed by atoms with Crippen LogP contribution in [0, 0.1) is 0 Å². The highest BCUT2D eigenvalue weighted by Crippen LogP contribution is 2.55. The van der Waals surface area contributed by atoms with Crippen molar-refractivity contribution >= 4 is 22.4 Å². The monoisotopic (exact) mass is 631 g/mol. The molecule has 49 heavy (non-hydrogen) atoms. The van der Waals surface area contributed by atoms with Crippen LogP contribution in [0.25, 0.3) is 10.8 Å². The van der Waals surface area contributed by atoms with E-state index in [-0.39, 0.29) is 6.17 Å². The highest BCUT2D eigenvalue weighted by atomic mass is 16.5. The van der Waals surface area contributed by atoms with Gasteiger partial charge in [0.15, 0.2) is 5.84 Å². The Kier molecular flexibility index (Phi) is 6.94. The van der Waals surface area contributed by atoms with Gasteiger partial charge >= 0.3 is 0 Å². The summed E-state index contributed by atoms with van der Waals surface area (Å²) in [6.45, 7) is 0. The molecule has 7 aromatic carbocycles. The molecule has 1 unspecified atom stereocenters. The summed E-state index contributed by atoms with van der Waals surface area (Å²) in [5.41, 5.74) is 7.17. The van der Waals surface area contributed by atoms with Gasteiger partial charge in [-0.2, -0.15) is 0 Å². The molecule has 0 bridgehead atoms. The second kappa shape index (κ2) is 11.8. The fraction of sp³-hybridized carbons (Fsp3) is 0.0667. The molecule has 0 spiro atoms. The molecule has 234 valence electrons. The molecule has 0 aromatic heterocycles. The average molecular weight is 632 g/mol. The molecule has 0 saturated carbocycles. The molecule has 0 radical (unpaired) electrons. The van der Waals surface area contributed by atoms with Crippen molar-refractivity contribution in [2.24, 2.45) is 9.98 Å². The zero-order valence-corrected chi connectivity index (χ0v) is 27.1. The lowest BCUT2D eigenvalue weighted by Crippen LogP contribution is -2.36. The van der Waals surface area contributed by atoms with E-state index >= 15 is 0 Å². The van der Waals surface area contributed by atoms with Crippen LogP contribution in [0.15, 0.2) is 186 Å². The van der Waals surface area contributed by atoms with Crippen LogP contribution in [0.3, 0.4) is 0 Å². The van der Waals surface area contributed by atoms with Crippen LogP contribution in [-0.2, 0) is 5.41 Å². The van der Waals surface area contributed by atoms with Crippen LogP contribution < -0.4 is 4.74 Å². The number of hydrogen-bond donors (Lipinski definition) is 0. The maximum atomic E-state index is 6.51. The molecule has 0 aliphatic carbocycles. The minimum atomic E-state index is -0.570. The maximum absolute atomic E-state index is 6.51. The van der Waals surface area contributed by atoms with Crippen molar-refractivity contribution in [1.82, 2.24) is 4.90 Å². The van der Waals surface area contributed by atoms with E-state index in [1.165, 1.54) is 21.9 Å². The van der Waals surface area contributed by atoms with E-state index < -0.39 is 5.41 Å². The summed E-state index contributed by atoms with van der Waals surface area (Å²) in [6, 6.07) is 61.9. The molecule has 2 heterocycles. The number of amidine groups is 2. The Morgan fingerprint density at radius 2 is 1.10 bits per heavy atom. The maximum Gasteiger partial charge on any atom is 0.159 e. The van der Waals surface area contributed by atoms with Crippen molar-refractivity contribution in [3.05, 3.63) is 215 Å². The summed E-state index contributed by atoms with van der Waals surface area (Å²) >= 11 is 0. The summed E-state index contributed by atoms with van der Waals surface area (Å²) in [7, 11) is 2.09. The molecule has 0 fully saturated rings.